The van der Waals surface area contributed by atoms with E-state index in [-0.39, 0.29) is 23.8 Å². The highest BCUT2D eigenvalue weighted by Crippen LogP contribution is 2.14. The highest BCUT2D eigenvalue weighted by atomic mass is 32.2. The third kappa shape index (κ3) is 4.73. The first-order valence-electron chi connectivity index (χ1n) is 7.36. The van der Waals surface area contributed by atoms with Crippen LogP contribution in [0.25, 0.3) is 0 Å². The summed E-state index contributed by atoms with van der Waals surface area (Å²) in [6.45, 7) is 3.29. The molecule has 2 rings (SSSR count). The summed E-state index contributed by atoms with van der Waals surface area (Å²) in [5.74, 6) is -0.540. The lowest BCUT2D eigenvalue weighted by Crippen LogP contribution is -2.16. The summed E-state index contributed by atoms with van der Waals surface area (Å²) >= 11 is 0. The zero-order valence-electron chi connectivity index (χ0n) is 13.1. The van der Waals surface area contributed by atoms with Crippen molar-refractivity contribution in [3.05, 3.63) is 71.0 Å². The van der Waals surface area contributed by atoms with Crippen LogP contribution in [0.1, 0.15) is 35.3 Å². The van der Waals surface area contributed by atoms with Gasteiger partial charge >= 0.3 is 0 Å². The molecule has 0 radical (unpaired) electrons. The minimum Gasteiger partial charge on any atom is -0.294 e. The zero-order chi connectivity index (χ0) is 17.0. The Morgan fingerprint density at radius 2 is 1.70 bits per heavy atom. The number of hydrogen-bond donors (Lipinski definition) is 0. The molecule has 0 fully saturated rings. The van der Waals surface area contributed by atoms with Gasteiger partial charge in [0.25, 0.3) is 0 Å². The fourth-order valence-electron chi connectivity index (χ4n) is 2.12. The van der Waals surface area contributed by atoms with E-state index in [2.05, 4.69) is 0 Å². The molecule has 2 aromatic carbocycles. The SMILES string of the molecule is CC(C)S(=O)(=O)Cc1ccc(C(=O)Cc2cccc(F)c2)cc1. The summed E-state index contributed by atoms with van der Waals surface area (Å²) in [4.78, 5) is 12.2. The summed E-state index contributed by atoms with van der Waals surface area (Å²) in [5.41, 5.74) is 1.75. The van der Waals surface area contributed by atoms with E-state index in [1.807, 2.05) is 0 Å². The molecule has 0 atom stereocenters. The summed E-state index contributed by atoms with van der Waals surface area (Å²) in [7, 11) is -3.16. The Morgan fingerprint density at radius 3 is 2.26 bits per heavy atom. The second kappa shape index (κ2) is 7.04. The smallest absolute Gasteiger partial charge is 0.167 e. The number of carbonyl (C=O) groups is 1. The maximum atomic E-state index is 13.1. The van der Waals surface area contributed by atoms with Gasteiger partial charge in [-0.1, -0.05) is 36.4 Å². The van der Waals surface area contributed by atoms with Gasteiger partial charge in [-0.25, -0.2) is 12.8 Å². The average Bonchev–Trinajstić information content (AvgIpc) is 2.47. The van der Waals surface area contributed by atoms with Crippen molar-refractivity contribution in [1.82, 2.24) is 0 Å². The molecule has 0 saturated carbocycles. The van der Waals surface area contributed by atoms with E-state index >= 15 is 0 Å². The zero-order valence-corrected chi connectivity index (χ0v) is 13.9. The maximum Gasteiger partial charge on any atom is 0.167 e. The lowest BCUT2D eigenvalue weighted by molar-refractivity contribution is 0.0993. The Labute approximate surface area is 136 Å². The van der Waals surface area contributed by atoms with Crippen LogP contribution in [0.4, 0.5) is 4.39 Å². The third-order valence-electron chi connectivity index (χ3n) is 3.62. The van der Waals surface area contributed by atoms with Gasteiger partial charge in [0.15, 0.2) is 15.6 Å². The lowest BCUT2D eigenvalue weighted by atomic mass is 10.0. The number of benzene rings is 2. The molecule has 0 aliphatic rings. The van der Waals surface area contributed by atoms with Gasteiger partial charge < -0.3 is 0 Å². The van der Waals surface area contributed by atoms with Crippen molar-refractivity contribution in [2.24, 2.45) is 0 Å². The Hall–Kier alpha value is -2.01. The number of rotatable bonds is 6. The molecule has 0 spiro atoms. The van der Waals surface area contributed by atoms with Gasteiger partial charge in [-0.05, 0) is 37.1 Å². The normalized spacial score (nSPS) is 11.7. The van der Waals surface area contributed by atoms with Gasteiger partial charge in [-0.2, -0.15) is 0 Å². The molecule has 3 nitrogen and oxygen atoms in total. The topological polar surface area (TPSA) is 51.2 Å². The van der Waals surface area contributed by atoms with Crippen LogP contribution in [-0.2, 0) is 22.0 Å². The molecule has 5 heteroatoms. The van der Waals surface area contributed by atoms with Crippen LogP contribution in [0.2, 0.25) is 0 Å². The van der Waals surface area contributed by atoms with E-state index in [4.69, 9.17) is 0 Å². The van der Waals surface area contributed by atoms with Crippen molar-refractivity contribution in [3.63, 3.8) is 0 Å². The Kier molecular flexibility index (Phi) is 5.31. The van der Waals surface area contributed by atoms with Crippen LogP contribution in [0.15, 0.2) is 48.5 Å². The first-order valence-corrected chi connectivity index (χ1v) is 9.07. The number of sulfone groups is 1. The molecule has 0 bridgehead atoms. The molecule has 0 aromatic heterocycles. The Bertz CT molecular complexity index is 793. The monoisotopic (exact) mass is 334 g/mol. The Balaban J connectivity index is 2.09. The van der Waals surface area contributed by atoms with E-state index in [9.17, 15) is 17.6 Å². The van der Waals surface area contributed by atoms with Crippen molar-refractivity contribution in [3.8, 4) is 0 Å². The van der Waals surface area contributed by atoms with Crippen molar-refractivity contribution in [1.29, 1.82) is 0 Å². The van der Waals surface area contributed by atoms with Gasteiger partial charge in [-0.3, -0.25) is 4.79 Å². The summed E-state index contributed by atoms with van der Waals surface area (Å²) in [5, 5.41) is -0.434. The minimum absolute atomic E-state index is 0.0387. The van der Waals surface area contributed by atoms with E-state index in [0.717, 1.165) is 0 Å². The fraction of sp³-hybridized carbons (Fsp3) is 0.278. The first-order chi connectivity index (χ1) is 10.8. The van der Waals surface area contributed by atoms with Crippen molar-refractivity contribution >= 4 is 15.6 Å². The Morgan fingerprint density at radius 1 is 1.04 bits per heavy atom. The van der Waals surface area contributed by atoms with E-state index in [0.29, 0.717) is 16.7 Å². The number of halogens is 1. The predicted octanol–water partition coefficient (Wildman–Crippen LogP) is 3.57. The molecule has 122 valence electrons. The van der Waals surface area contributed by atoms with Gasteiger partial charge in [0.1, 0.15) is 5.82 Å². The highest BCUT2D eigenvalue weighted by Gasteiger charge is 2.17. The van der Waals surface area contributed by atoms with Crippen molar-refractivity contribution in [2.75, 3.05) is 0 Å². The van der Waals surface area contributed by atoms with E-state index in [1.54, 1.807) is 50.2 Å². The van der Waals surface area contributed by atoms with Gasteiger partial charge in [0, 0.05) is 12.0 Å². The van der Waals surface area contributed by atoms with Crippen molar-refractivity contribution < 1.29 is 17.6 Å². The quantitative estimate of drug-likeness (QED) is 0.759. The molecular weight excluding hydrogens is 315 g/mol. The summed E-state index contributed by atoms with van der Waals surface area (Å²) < 4.78 is 36.9. The van der Waals surface area contributed by atoms with Crippen LogP contribution in [0.3, 0.4) is 0 Å². The molecule has 0 amide bonds. The molecule has 0 N–H and O–H groups in total. The van der Waals surface area contributed by atoms with Crippen molar-refractivity contribution in [2.45, 2.75) is 31.3 Å². The highest BCUT2D eigenvalue weighted by molar-refractivity contribution is 7.91. The second-order valence-corrected chi connectivity index (χ2v) is 8.34. The largest absolute Gasteiger partial charge is 0.294 e. The van der Waals surface area contributed by atoms with E-state index in [1.165, 1.54) is 12.1 Å². The van der Waals surface area contributed by atoms with Crippen LogP contribution in [0, 0.1) is 5.82 Å². The second-order valence-electron chi connectivity index (χ2n) is 5.78. The standard InChI is InChI=1S/C18H19FO3S/c1-13(2)23(21,22)12-14-6-8-16(9-7-14)18(20)11-15-4-3-5-17(19)10-15/h3-10,13H,11-12H2,1-2H3. The summed E-state index contributed by atoms with van der Waals surface area (Å²) in [6.07, 6.45) is 0.112. The molecular formula is C18H19FO3S. The molecule has 0 heterocycles. The van der Waals surface area contributed by atoms with Crippen LogP contribution in [-0.4, -0.2) is 19.5 Å². The maximum absolute atomic E-state index is 13.1. The van der Waals surface area contributed by atoms with Crippen LogP contribution >= 0.6 is 0 Å². The molecule has 0 aliphatic heterocycles. The average molecular weight is 334 g/mol. The van der Waals surface area contributed by atoms with Crippen LogP contribution in [0.5, 0.6) is 0 Å². The number of Topliss-reactive ketones (excluding diaryl/α,β-unsaturated/α-hetero) is 1. The molecule has 0 unspecified atom stereocenters. The number of hydrogen-bond acceptors (Lipinski definition) is 3. The molecule has 23 heavy (non-hydrogen) atoms. The number of carbonyl (C=O) groups excluding carboxylic acids is 1. The summed E-state index contributed by atoms with van der Waals surface area (Å²) in [6, 6.07) is 12.5. The molecule has 0 aliphatic carbocycles. The predicted molar refractivity (Wildman–Crippen MR) is 88.6 cm³/mol. The fourth-order valence-corrected chi connectivity index (χ4v) is 3.11. The minimum atomic E-state index is -3.16. The molecule has 2 aromatic rings. The van der Waals surface area contributed by atoms with E-state index < -0.39 is 15.1 Å². The number of ketones is 1. The van der Waals surface area contributed by atoms with Gasteiger partial charge in [0.2, 0.25) is 0 Å². The van der Waals surface area contributed by atoms with Gasteiger partial charge in [-0.15, -0.1) is 0 Å². The first kappa shape index (κ1) is 17.3. The van der Waals surface area contributed by atoms with Crippen LogP contribution < -0.4 is 0 Å². The third-order valence-corrected chi connectivity index (χ3v) is 5.79. The lowest BCUT2D eigenvalue weighted by Gasteiger charge is -2.08. The molecule has 0 saturated heterocycles. The van der Waals surface area contributed by atoms with Gasteiger partial charge in [0.05, 0.1) is 11.0 Å².